The first kappa shape index (κ1) is 11.9. The molecule has 0 unspecified atom stereocenters. The van der Waals surface area contributed by atoms with Gasteiger partial charge in [0.05, 0.1) is 0 Å². The van der Waals surface area contributed by atoms with Crippen LogP contribution in [0.2, 0.25) is 0 Å². The molecule has 1 amide bonds. The predicted octanol–water partition coefficient (Wildman–Crippen LogP) is 0.926. The van der Waals surface area contributed by atoms with Gasteiger partial charge in [-0.05, 0) is 13.0 Å². The summed E-state index contributed by atoms with van der Waals surface area (Å²) in [7, 11) is 0. The Bertz CT molecular complexity index is 168. The Morgan fingerprint density at radius 1 is 1.31 bits per heavy atom. The van der Waals surface area contributed by atoms with Crippen LogP contribution in [0.25, 0.3) is 0 Å². The van der Waals surface area contributed by atoms with E-state index in [1.807, 2.05) is 12.2 Å². The van der Waals surface area contributed by atoms with Gasteiger partial charge < -0.3 is 5.73 Å². The molecule has 3 heteroatoms. The molecule has 0 aliphatic carbocycles. The minimum absolute atomic E-state index is 0.239. The summed E-state index contributed by atoms with van der Waals surface area (Å²) < 4.78 is 0. The van der Waals surface area contributed by atoms with Crippen LogP contribution in [-0.4, -0.2) is 30.4 Å². The molecule has 2 N–H and O–H groups in total. The van der Waals surface area contributed by atoms with Crippen molar-refractivity contribution in [2.45, 2.75) is 12.8 Å². The third-order valence-electron chi connectivity index (χ3n) is 1.67. The Balaban J connectivity index is 3.60. The Morgan fingerprint density at radius 3 is 2.23 bits per heavy atom. The Kier molecular flexibility index (Phi) is 6.92. The fourth-order valence-corrected chi connectivity index (χ4v) is 1.10. The number of amides is 1. The van der Waals surface area contributed by atoms with Crippen LogP contribution in [0.1, 0.15) is 12.8 Å². The topological polar surface area (TPSA) is 46.3 Å². The van der Waals surface area contributed by atoms with E-state index in [1.54, 1.807) is 0 Å². The highest BCUT2D eigenvalue weighted by Gasteiger charge is 2.01. The molecule has 0 rings (SSSR count). The van der Waals surface area contributed by atoms with Crippen LogP contribution >= 0.6 is 0 Å². The Morgan fingerprint density at radius 2 is 1.85 bits per heavy atom. The molecule has 74 valence electrons. The fourth-order valence-electron chi connectivity index (χ4n) is 1.10. The lowest BCUT2D eigenvalue weighted by atomic mass is 10.3. The molecule has 0 radical (unpaired) electrons. The summed E-state index contributed by atoms with van der Waals surface area (Å²) in [6, 6.07) is 0. The molecule has 0 aromatic heterocycles. The minimum atomic E-state index is -0.239. The van der Waals surface area contributed by atoms with E-state index < -0.39 is 0 Å². The number of carbonyl (C=O) groups is 1. The Labute approximate surface area is 79.9 Å². The number of carbonyl (C=O) groups excluding carboxylic acids is 1. The maximum Gasteiger partial charge on any atom is 0.217 e. The van der Waals surface area contributed by atoms with Crippen molar-refractivity contribution in [3.8, 4) is 0 Å². The van der Waals surface area contributed by atoms with Crippen LogP contribution in [0.15, 0.2) is 25.3 Å². The van der Waals surface area contributed by atoms with Gasteiger partial charge >= 0.3 is 0 Å². The van der Waals surface area contributed by atoms with Crippen molar-refractivity contribution in [1.29, 1.82) is 0 Å². The van der Waals surface area contributed by atoms with Crippen molar-refractivity contribution in [3.05, 3.63) is 25.3 Å². The number of nitrogens with zero attached hydrogens (tertiary/aromatic N) is 1. The van der Waals surface area contributed by atoms with Crippen LogP contribution in [0.3, 0.4) is 0 Å². The second kappa shape index (κ2) is 7.55. The lowest BCUT2D eigenvalue weighted by molar-refractivity contribution is -0.118. The van der Waals surface area contributed by atoms with Gasteiger partial charge in [0.25, 0.3) is 0 Å². The smallest absolute Gasteiger partial charge is 0.217 e. The zero-order chi connectivity index (χ0) is 10.1. The molecule has 0 fully saturated rings. The lowest BCUT2D eigenvalue weighted by Gasteiger charge is -2.17. The highest BCUT2D eigenvalue weighted by Crippen LogP contribution is 1.95. The summed E-state index contributed by atoms with van der Waals surface area (Å²) in [5.74, 6) is -0.239. The van der Waals surface area contributed by atoms with Gasteiger partial charge in [0.15, 0.2) is 0 Å². The summed E-state index contributed by atoms with van der Waals surface area (Å²) in [6.45, 7) is 9.83. The highest BCUT2D eigenvalue weighted by molar-refractivity contribution is 5.73. The maximum absolute atomic E-state index is 10.5. The largest absolute Gasteiger partial charge is 0.370 e. The first-order valence-electron chi connectivity index (χ1n) is 4.43. The van der Waals surface area contributed by atoms with E-state index in [9.17, 15) is 4.79 Å². The predicted molar refractivity (Wildman–Crippen MR) is 55.3 cm³/mol. The van der Waals surface area contributed by atoms with Gasteiger partial charge in [-0.15, -0.1) is 13.2 Å². The van der Waals surface area contributed by atoms with Crippen molar-refractivity contribution in [1.82, 2.24) is 4.90 Å². The minimum Gasteiger partial charge on any atom is -0.370 e. The van der Waals surface area contributed by atoms with Crippen LogP contribution < -0.4 is 5.73 Å². The average molecular weight is 182 g/mol. The molecular weight excluding hydrogens is 164 g/mol. The second-order valence-electron chi connectivity index (χ2n) is 2.91. The molecule has 0 aromatic rings. The number of rotatable bonds is 8. The Hall–Kier alpha value is -1.09. The molecule has 0 saturated heterocycles. The zero-order valence-electron chi connectivity index (χ0n) is 8.04. The van der Waals surface area contributed by atoms with Crippen molar-refractivity contribution in [2.75, 3.05) is 19.6 Å². The summed E-state index contributed by atoms with van der Waals surface area (Å²) in [5, 5.41) is 0. The van der Waals surface area contributed by atoms with E-state index in [0.717, 1.165) is 26.1 Å². The molecule has 3 nitrogen and oxygen atoms in total. The van der Waals surface area contributed by atoms with E-state index in [4.69, 9.17) is 5.73 Å². The number of primary amides is 1. The molecule has 0 heterocycles. The quantitative estimate of drug-likeness (QED) is 0.567. The highest BCUT2D eigenvalue weighted by atomic mass is 16.1. The molecule has 13 heavy (non-hydrogen) atoms. The van der Waals surface area contributed by atoms with Gasteiger partial charge in [-0.25, -0.2) is 0 Å². The van der Waals surface area contributed by atoms with E-state index in [-0.39, 0.29) is 5.91 Å². The normalized spacial score (nSPS) is 9.92. The number of nitrogens with two attached hydrogens (primary N) is 1. The number of hydrogen-bond donors (Lipinski definition) is 1. The lowest BCUT2D eigenvalue weighted by Crippen LogP contribution is -2.26. The maximum atomic E-state index is 10.5. The van der Waals surface area contributed by atoms with Crippen LogP contribution in [-0.2, 0) is 4.79 Å². The molecule has 0 aliphatic rings. The van der Waals surface area contributed by atoms with Crippen LogP contribution in [0.5, 0.6) is 0 Å². The van der Waals surface area contributed by atoms with Gasteiger partial charge in [0, 0.05) is 19.5 Å². The summed E-state index contributed by atoms with van der Waals surface area (Å²) >= 11 is 0. The standard InChI is InChI=1S/C10H18N2O/c1-3-7-12(8-4-2)9-5-6-10(11)13/h3-4H,1-2,5-9H2,(H2,11,13). The van der Waals surface area contributed by atoms with Crippen molar-refractivity contribution in [2.24, 2.45) is 5.73 Å². The van der Waals surface area contributed by atoms with Crippen molar-refractivity contribution < 1.29 is 4.79 Å². The van der Waals surface area contributed by atoms with E-state index >= 15 is 0 Å². The van der Waals surface area contributed by atoms with Gasteiger partial charge in [-0.2, -0.15) is 0 Å². The molecule has 0 bridgehead atoms. The van der Waals surface area contributed by atoms with E-state index in [1.165, 1.54) is 0 Å². The van der Waals surface area contributed by atoms with Crippen molar-refractivity contribution >= 4 is 5.91 Å². The van der Waals surface area contributed by atoms with Crippen LogP contribution in [0, 0.1) is 0 Å². The SMILES string of the molecule is C=CCN(CC=C)CCCC(N)=O. The first-order valence-corrected chi connectivity index (χ1v) is 4.43. The fraction of sp³-hybridized carbons (Fsp3) is 0.500. The van der Waals surface area contributed by atoms with E-state index in [2.05, 4.69) is 18.1 Å². The first-order chi connectivity index (χ1) is 6.20. The van der Waals surface area contributed by atoms with Crippen LogP contribution in [0.4, 0.5) is 0 Å². The monoisotopic (exact) mass is 182 g/mol. The summed E-state index contributed by atoms with van der Waals surface area (Å²) in [4.78, 5) is 12.6. The molecule has 0 spiro atoms. The van der Waals surface area contributed by atoms with Crippen molar-refractivity contribution in [3.63, 3.8) is 0 Å². The van der Waals surface area contributed by atoms with Gasteiger partial charge in [0.1, 0.15) is 0 Å². The number of hydrogen-bond acceptors (Lipinski definition) is 2. The van der Waals surface area contributed by atoms with Gasteiger partial charge in [-0.3, -0.25) is 9.69 Å². The third kappa shape index (κ3) is 7.28. The second-order valence-corrected chi connectivity index (χ2v) is 2.91. The van der Waals surface area contributed by atoms with Gasteiger partial charge in [0.2, 0.25) is 5.91 Å². The summed E-state index contributed by atoms with van der Waals surface area (Å²) in [6.07, 6.45) is 4.93. The van der Waals surface area contributed by atoms with Gasteiger partial charge in [-0.1, -0.05) is 12.2 Å². The molecule has 0 aliphatic heterocycles. The van der Waals surface area contributed by atoms with E-state index in [0.29, 0.717) is 6.42 Å². The molecule has 0 aromatic carbocycles. The summed E-state index contributed by atoms with van der Waals surface area (Å²) in [5.41, 5.74) is 5.03. The third-order valence-corrected chi connectivity index (χ3v) is 1.67. The average Bonchev–Trinajstić information content (AvgIpc) is 2.04. The molecule has 0 saturated carbocycles. The molecular formula is C10H18N2O. The zero-order valence-corrected chi connectivity index (χ0v) is 8.04. The molecule has 0 atom stereocenters.